The Morgan fingerprint density at radius 2 is 1.93 bits per heavy atom. The maximum atomic E-state index is 12.9. The van der Waals surface area contributed by atoms with E-state index in [0.29, 0.717) is 17.1 Å². The lowest BCUT2D eigenvalue weighted by Crippen LogP contribution is -2.17. The Balaban J connectivity index is 1.66. The lowest BCUT2D eigenvalue weighted by Gasteiger charge is -2.25. The molecule has 0 fully saturated rings. The van der Waals surface area contributed by atoms with Gasteiger partial charge in [-0.2, -0.15) is 0 Å². The van der Waals surface area contributed by atoms with Crippen molar-refractivity contribution in [2.75, 3.05) is 19.1 Å². The molecule has 0 unspecified atom stereocenters. The van der Waals surface area contributed by atoms with Crippen molar-refractivity contribution < 1.29 is 14.3 Å². The van der Waals surface area contributed by atoms with Crippen molar-refractivity contribution in [2.24, 2.45) is 0 Å². The number of unbranched alkanes of at least 4 members (excludes halogenated alkanes) is 2. The fraction of sp³-hybridized carbons (Fsp3) is 0.280. The van der Waals surface area contributed by atoms with Gasteiger partial charge in [0.1, 0.15) is 0 Å². The van der Waals surface area contributed by atoms with Gasteiger partial charge in [0.2, 0.25) is 0 Å². The first-order chi connectivity index (χ1) is 14.6. The average Bonchev–Trinajstić information content (AvgIpc) is 2.77. The van der Waals surface area contributed by atoms with Gasteiger partial charge in [-0.15, -0.1) is 0 Å². The van der Waals surface area contributed by atoms with Crippen molar-refractivity contribution in [1.29, 1.82) is 0 Å². The summed E-state index contributed by atoms with van der Waals surface area (Å²) in [6, 6.07) is 11.5. The van der Waals surface area contributed by atoms with E-state index >= 15 is 0 Å². The maximum Gasteiger partial charge on any atom is 0.343 e. The molecule has 0 saturated carbocycles. The van der Waals surface area contributed by atoms with Crippen molar-refractivity contribution in [3.05, 3.63) is 65.6 Å². The first-order valence-electron chi connectivity index (χ1n) is 10.3. The van der Waals surface area contributed by atoms with Crippen LogP contribution in [0.3, 0.4) is 0 Å². The molecule has 0 bridgehead atoms. The summed E-state index contributed by atoms with van der Waals surface area (Å²) in [4.78, 5) is 19.3. The van der Waals surface area contributed by atoms with Gasteiger partial charge < -0.3 is 14.4 Å². The fourth-order valence-electron chi connectivity index (χ4n) is 3.82. The van der Waals surface area contributed by atoms with Crippen LogP contribution in [0, 0.1) is 0 Å². The number of aromatic nitrogens is 1. The number of aryl methyl sites for hydroxylation is 1. The molecule has 2 heterocycles. The first-order valence-corrected chi connectivity index (χ1v) is 10.3. The van der Waals surface area contributed by atoms with E-state index in [4.69, 9.17) is 9.47 Å². The van der Waals surface area contributed by atoms with Crippen molar-refractivity contribution in [3.63, 3.8) is 0 Å². The molecule has 2 aromatic carbocycles. The maximum absolute atomic E-state index is 12.9. The number of benzene rings is 2. The monoisotopic (exact) mass is 402 g/mol. The van der Waals surface area contributed by atoms with E-state index in [2.05, 4.69) is 11.9 Å². The highest BCUT2D eigenvalue weighted by molar-refractivity contribution is 6.07. The fourth-order valence-corrected chi connectivity index (χ4v) is 3.82. The lowest BCUT2D eigenvalue weighted by molar-refractivity contribution is 0.0731. The predicted octanol–water partition coefficient (Wildman–Crippen LogP) is 5.62. The molecular weight excluding hydrogens is 376 g/mol. The van der Waals surface area contributed by atoms with Gasteiger partial charge in [-0.05, 0) is 54.1 Å². The topological polar surface area (TPSA) is 51.7 Å². The molecule has 0 saturated heterocycles. The number of esters is 1. The number of ether oxygens (including phenoxy) is 2. The van der Waals surface area contributed by atoms with Crippen LogP contribution in [0.4, 0.5) is 5.69 Å². The van der Waals surface area contributed by atoms with E-state index in [1.807, 2.05) is 60.6 Å². The van der Waals surface area contributed by atoms with Crippen molar-refractivity contribution in [3.8, 4) is 11.5 Å². The summed E-state index contributed by atoms with van der Waals surface area (Å²) in [5, 5.41) is 1.93. The minimum absolute atomic E-state index is 0.405. The Labute approximate surface area is 176 Å². The molecule has 0 amide bonds. The molecule has 0 aliphatic carbocycles. The highest BCUT2D eigenvalue weighted by Gasteiger charge is 2.25. The zero-order valence-electron chi connectivity index (χ0n) is 17.6. The second kappa shape index (κ2) is 8.57. The van der Waals surface area contributed by atoms with Gasteiger partial charge in [0.05, 0.1) is 24.1 Å². The third kappa shape index (κ3) is 3.75. The number of pyridine rings is 1. The molecule has 5 nitrogen and oxygen atoms in total. The highest BCUT2D eigenvalue weighted by atomic mass is 16.6. The van der Waals surface area contributed by atoms with Gasteiger partial charge in [0.15, 0.2) is 11.5 Å². The van der Waals surface area contributed by atoms with Crippen LogP contribution in [0.25, 0.3) is 16.8 Å². The van der Waals surface area contributed by atoms with Crippen molar-refractivity contribution in [1.82, 2.24) is 4.98 Å². The molecule has 0 radical (unpaired) electrons. The van der Waals surface area contributed by atoms with Crippen LogP contribution in [0.1, 0.15) is 47.8 Å². The lowest BCUT2D eigenvalue weighted by atomic mass is 10.0. The van der Waals surface area contributed by atoms with Crippen LogP contribution in [0.2, 0.25) is 0 Å². The van der Waals surface area contributed by atoms with Crippen molar-refractivity contribution >= 4 is 28.5 Å². The molecule has 0 N–H and O–H groups in total. The van der Waals surface area contributed by atoms with Crippen LogP contribution in [0.5, 0.6) is 11.5 Å². The second-order valence-electron chi connectivity index (χ2n) is 7.52. The molecule has 0 spiro atoms. The number of anilines is 1. The number of hydrogen-bond acceptors (Lipinski definition) is 5. The summed E-state index contributed by atoms with van der Waals surface area (Å²) in [5.41, 5.74) is 3.37. The molecule has 5 heteroatoms. The Kier molecular flexibility index (Phi) is 5.70. The standard InChI is InChI=1S/C25H26N2O3/c1-4-5-6-7-17-8-10-18(11-9-17)25(28)30-24-21(29-3)16-19-12-14-26-20-13-15-27(2)23(24)22(19)20/h8-16H,4-7H2,1-3H3. The van der Waals surface area contributed by atoms with Crippen molar-refractivity contribution in [2.45, 2.75) is 32.6 Å². The molecule has 0 atom stereocenters. The summed E-state index contributed by atoms with van der Waals surface area (Å²) in [5.74, 6) is 0.516. The molecule has 1 aromatic heterocycles. The van der Waals surface area contributed by atoms with E-state index < -0.39 is 5.97 Å². The van der Waals surface area contributed by atoms with E-state index in [1.54, 1.807) is 13.3 Å². The van der Waals surface area contributed by atoms with Crippen LogP contribution >= 0.6 is 0 Å². The molecule has 1 aliphatic rings. The summed E-state index contributed by atoms with van der Waals surface area (Å²) >= 11 is 0. The number of rotatable bonds is 7. The Hall–Kier alpha value is -3.34. The molecular formula is C25H26N2O3. The summed E-state index contributed by atoms with van der Waals surface area (Å²) < 4.78 is 11.5. The van der Waals surface area contributed by atoms with Gasteiger partial charge >= 0.3 is 5.97 Å². The summed E-state index contributed by atoms with van der Waals surface area (Å²) in [6.45, 7) is 2.19. The minimum atomic E-state index is -0.405. The number of nitrogens with zero attached hydrogens (tertiary/aromatic N) is 2. The van der Waals surface area contributed by atoms with Crippen LogP contribution < -0.4 is 14.4 Å². The van der Waals surface area contributed by atoms with E-state index in [1.165, 1.54) is 18.4 Å². The van der Waals surface area contributed by atoms with E-state index in [9.17, 15) is 4.79 Å². The van der Waals surface area contributed by atoms with Crippen LogP contribution in [0.15, 0.2) is 48.8 Å². The molecule has 30 heavy (non-hydrogen) atoms. The van der Waals surface area contributed by atoms with Gasteiger partial charge in [-0.1, -0.05) is 31.9 Å². The number of carbonyl (C=O) groups is 1. The average molecular weight is 402 g/mol. The molecule has 4 rings (SSSR count). The Morgan fingerprint density at radius 3 is 2.67 bits per heavy atom. The smallest absolute Gasteiger partial charge is 0.343 e. The largest absolute Gasteiger partial charge is 0.493 e. The number of hydrogen-bond donors (Lipinski definition) is 0. The number of carbonyl (C=O) groups excluding carboxylic acids is 1. The van der Waals surface area contributed by atoms with Crippen LogP contribution in [-0.4, -0.2) is 25.1 Å². The summed E-state index contributed by atoms with van der Waals surface area (Å²) in [7, 11) is 3.50. The van der Waals surface area contributed by atoms with Gasteiger partial charge in [0, 0.05) is 24.8 Å². The van der Waals surface area contributed by atoms with Gasteiger partial charge in [-0.25, -0.2) is 4.79 Å². The quantitative estimate of drug-likeness (QED) is 0.292. The Bertz CT molecular complexity index is 1100. The summed E-state index contributed by atoms with van der Waals surface area (Å²) in [6.07, 6.45) is 10.2. The molecule has 1 aliphatic heterocycles. The third-order valence-electron chi connectivity index (χ3n) is 5.46. The van der Waals surface area contributed by atoms with Gasteiger partial charge in [0.25, 0.3) is 0 Å². The second-order valence-corrected chi connectivity index (χ2v) is 7.52. The SMILES string of the molecule is CCCCCc1ccc(C(=O)Oc2c(OC)cc3ccnc4c3c2N(C)C=C4)cc1. The minimum Gasteiger partial charge on any atom is -0.493 e. The van der Waals surface area contributed by atoms with E-state index in [0.717, 1.165) is 35.0 Å². The number of methoxy groups -OCH3 is 1. The third-order valence-corrected chi connectivity index (χ3v) is 5.46. The molecule has 3 aromatic rings. The predicted molar refractivity (Wildman–Crippen MR) is 120 cm³/mol. The normalized spacial score (nSPS) is 12.3. The first kappa shape index (κ1) is 20.0. The van der Waals surface area contributed by atoms with E-state index in [-0.39, 0.29) is 0 Å². The van der Waals surface area contributed by atoms with Gasteiger partial charge in [-0.3, -0.25) is 4.98 Å². The zero-order valence-corrected chi connectivity index (χ0v) is 17.6. The molecule has 154 valence electrons. The zero-order chi connectivity index (χ0) is 21.1. The Morgan fingerprint density at radius 1 is 1.13 bits per heavy atom. The highest BCUT2D eigenvalue weighted by Crippen LogP contribution is 2.46. The van der Waals surface area contributed by atoms with Crippen LogP contribution in [-0.2, 0) is 6.42 Å².